The lowest BCUT2D eigenvalue weighted by atomic mass is 10.2. The van der Waals surface area contributed by atoms with E-state index < -0.39 is 12.1 Å². The van der Waals surface area contributed by atoms with Gasteiger partial charge in [0.2, 0.25) is 0 Å². The summed E-state index contributed by atoms with van der Waals surface area (Å²) in [4.78, 5) is 17.6. The number of thiophene rings is 1. The Morgan fingerprint density at radius 2 is 2.07 bits per heavy atom. The molecule has 0 aliphatic rings. The average molecular weight is 418 g/mol. The van der Waals surface area contributed by atoms with E-state index in [-0.39, 0.29) is 0 Å². The van der Waals surface area contributed by atoms with Crippen molar-refractivity contribution in [3.05, 3.63) is 62.2 Å². The molecule has 2 heterocycles. The van der Waals surface area contributed by atoms with Crippen LogP contribution in [0.3, 0.4) is 0 Å². The van der Waals surface area contributed by atoms with Gasteiger partial charge in [-0.25, -0.2) is 9.78 Å². The standard InChI is InChI=1S/C19H16ClN3O2S2/c1-12(23(25)19(21)24)2-7-16-8-9-17(27-16)10-15-11-26-18(22-15)13-3-5-14(20)6-4-13/h3-6,8-9,11-12,25H,10H2,1H3,(H2,21,24)/t12-/m1/s1. The second-order valence-corrected chi connectivity index (χ2v) is 8.18. The van der Waals surface area contributed by atoms with Gasteiger partial charge in [0.15, 0.2) is 0 Å². The third-order valence-corrected chi connectivity index (χ3v) is 5.85. The summed E-state index contributed by atoms with van der Waals surface area (Å²) in [5.74, 6) is 5.75. The number of hydrogen-bond acceptors (Lipinski definition) is 5. The molecule has 138 valence electrons. The van der Waals surface area contributed by atoms with Crippen molar-refractivity contribution in [2.75, 3.05) is 0 Å². The van der Waals surface area contributed by atoms with Crippen molar-refractivity contribution >= 4 is 40.3 Å². The van der Waals surface area contributed by atoms with Crippen molar-refractivity contribution in [1.29, 1.82) is 0 Å². The van der Waals surface area contributed by atoms with Crippen LogP contribution in [0.4, 0.5) is 4.79 Å². The van der Waals surface area contributed by atoms with Crippen LogP contribution in [0.15, 0.2) is 41.8 Å². The maximum atomic E-state index is 10.9. The van der Waals surface area contributed by atoms with Crippen LogP contribution in [0.1, 0.15) is 22.4 Å². The van der Waals surface area contributed by atoms with Crippen molar-refractivity contribution in [3.63, 3.8) is 0 Å². The zero-order chi connectivity index (χ0) is 19.4. The third-order valence-electron chi connectivity index (χ3n) is 3.66. The SMILES string of the molecule is C[C@H](C#Cc1ccc(Cc2csc(-c3ccc(Cl)cc3)n2)s1)N(O)C(N)=O. The smallest absolute Gasteiger partial charge is 0.339 e. The maximum absolute atomic E-state index is 10.9. The second kappa shape index (κ2) is 8.55. The van der Waals surface area contributed by atoms with Gasteiger partial charge in [0, 0.05) is 27.3 Å². The number of carbonyl (C=O) groups excluding carboxylic acids is 1. The fourth-order valence-corrected chi connectivity index (χ4v) is 4.10. The summed E-state index contributed by atoms with van der Waals surface area (Å²) in [6, 6.07) is 9.95. The number of nitrogens with zero attached hydrogens (tertiary/aromatic N) is 2. The average Bonchev–Trinajstić information content (AvgIpc) is 3.29. The molecular formula is C19H16ClN3O2S2. The van der Waals surface area contributed by atoms with Crippen molar-refractivity contribution < 1.29 is 10.0 Å². The Morgan fingerprint density at radius 1 is 1.33 bits per heavy atom. The minimum atomic E-state index is -0.927. The molecule has 0 radical (unpaired) electrons. The lowest BCUT2D eigenvalue weighted by molar-refractivity contribution is -0.0536. The number of halogens is 1. The zero-order valence-corrected chi connectivity index (χ0v) is 16.7. The second-order valence-electron chi connectivity index (χ2n) is 5.72. The van der Waals surface area contributed by atoms with E-state index in [2.05, 4.69) is 16.8 Å². The molecule has 27 heavy (non-hydrogen) atoms. The third kappa shape index (κ3) is 5.08. The fraction of sp³-hybridized carbons (Fsp3) is 0.158. The lowest BCUT2D eigenvalue weighted by Crippen LogP contribution is -2.38. The van der Waals surface area contributed by atoms with Gasteiger partial charge in [-0.2, -0.15) is 5.06 Å². The van der Waals surface area contributed by atoms with E-state index in [0.717, 1.165) is 32.4 Å². The molecule has 5 nitrogen and oxygen atoms in total. The van der Waals surface area contributed by atoms with Crippen LogP contribution in [-0.4, -0.2) is 27.3 Å². The zero-order valence-electron chi connectivity index (χ0n) is 14.3. The topological polar surface area (TPSA) is 79.4 Å². The maximum Gasteiger partial charge on any atom is 0.339 e. The summed E-state index contributed by atoms with van der Waals surface area (Å²) < 4.78 is 0. The molecule has 0 aliphatic heterocycles. The van der Waals surface area contributed by atoms with E-state index in [9.17, 15) is 10.0 Å². The first-order chi connectivity index (χ1) is 12.9. The lowest BCUT2D eigenvalue weighted by Gasteiger charge is -2.14. The highest BCUT2D eigenvalue weighted by atomic mass is 35.5. The van der Waals surface area contributed by atoms with E-state index in [1.165, 1.54) is 0 Å². The Kier molecular flexibility index (Phi) is 6.14. The van der Waals surface area contributed by atoms with Crippen LogP contribution < -0.4 is 5.73 Å². The number of thiazole rings is 1. The number of hydrogen-bond donors (Lipinski definition) is 2. The molecule has 0 saturated heterocycles. The number of primary amides is 1. The van der Waals surface area contributed by atoms with Crippen LogP contribution in [0.2, 0.25) is 5.02 Å². The van der Waals surface area contributed by atoms with E-state index in [1.54, 1.807) is 29.6 Å². The highest BCUT2D eigenvalue weighted by Gasteiger charge is 2.12. The number of aromatic nitrogens is 1. The minimum Gasteiger partial charge on any atom is -0.350 e. The van der Waals surface area contributed by atoms with Gasteiger partial charge >= 0.3 is 6.03 Å². The number of hydroxylamine groups is 2. The molecule has 0 saturated carbocycles. The first kappa shape index (κ1) is 19.4. The number of urea groups is 1. The van der Waals surface area contributed by atoms with Crippen LogP contribution >= 0.6 is 34.3 Å². The van der Waals surface area contributed by atoms with E-state index in [1.807, 2.05) is 41.8 Å². The van der Waals surface area contributed by atoms with Gasteiger partial charge in [0.1, 0.15) is 11.0 Å². The normalized spacial score (nSPS) is 11.5. The number of benzene rings is 1. The van der Waals surface area contributed by atoms with Crippen molar-refractivity contribution in [3.8, 4) is 22.4 Å². The summed E-state index contributed by atoms with van der Waals surface area (Å²) >= 11 is 9.08. The Labute approximate surface area is 170 Å². The molecule has 8 heteroatoms. The summed E-state index contributed by atoms with van der Waals surface area (Å²) in [6.07, 6.45) is 0.722. The minimum absolute atomic E-state index is 0.412. The predicted octanol–water partition coefficient (Wildman–Crippen LogP) is 4.63. The molecule has 2 amide bonds. The Hall–Kier alpha value is -2.37. The molecule has 0 spiro atoms. The molecule has 0 aliphatic carbocycles. The largest absolute Gasteiger partial charge is 0.350 e. The molecule has 0 fully saturated rings. The molecule has 3 N–H and O–H groups in total. The Balaban J connectivity index is 1.66. The fourth-order valence-electron chi connectivity index (χ4n) is 2.26. The highest BCUT2D eigenvalue weighted by Crippen LogP contribution is 2.27. The molecule has 1 atom stereocenters. The number of rotatable bonds is 4. The van der Waals surface area contributed by atoms with Crippen LogP contribution in [0, 0.1) is 11.8 Å². The van der Waals surface area contributed by atoms with Gasteiger partial charge in [0.25, 0.3) is 0 Å². The molecule has 3 aromatic rings. The quantitative estimate of drug-likeness (QED) is 0.369. The van der Waals surface area contributed by atoms with Gasteiger partial charge in [-0.1, -0.05) is 35.6 Å². The van der Waals surface area contributed by atoms with Crippen LogP contribution in [0.5, 0.6) is 0 Å². The molecule has 0 bridgehead atoms. The summed E-state index contributed by atoms with van der Waals surface area (Å²) in [6.45, 7) is 1.60. The molecule has 3 rings (SSSR count). The number of carbonyl (C=O) groups is 1. The highest BCUT2D eigenvalue weighted by molar-refractivity contribution is 7.13. The van der Waals surface area contributed by atoms with E-state index >= 15 is 0 Å². The molecular weight excluding hydrogens is 402 g/mol. The number of amides is 2. The van der Waals surface area contributed by atoms with Gasteiger partial charge in [-0.3, -0.25) is 5.21 Å². The predicted molar refractivity (Wildman–Crippen MR) is 109 cm³/mol. The van der Waals surface area contributed by atoms with Gasteiger partial charge < -0.3 is 5.73 Å². The summed E-state index contributed by atoms with van der Waals surface area (Å²) in [7, 11) is 0. The Bertz CT molecular complexity index is 1000. The molecule has 0 unspecified atom stereocenters. The Morgan fingerprint density at radius 3 is 2.78 bits per heavy atom. The molecule has 1 aromatic carbocycles. The van der Waals surface area contributed by atoms with Gasteiger partial charge in [0.05, 0.1) is 10.6 Å². The van der Waals surface area contributed by atoms with Crippen molar-refractivity contribution in [2.24, 2.45) is 5.73 Å². The van der Waals surface area contributed by atoms with Crippen LogP contribution in [0.25, 0.3) is 10.6 Å². The van der Waals surface area contributed by atoms with Crippen molar-refractivity contribution in [1.82, 2.24) is 10.0 Å². The first-order valence-electron chi connectivity index (χ1n) is 8.00. The first-order valence-corrected chi connectivity index (χ1v) is 10.1. The summed E-state index contributed by atoms with van der Waals surface area (Å²) in [5.41, 5.74) is 7.05. The van der Waals surface area contributed by atoms with Crippen LogP contribution in [-0.2, 0) is 6.42 Å². The van der Waals surface area contributed by atoms with Gasteiger partial charge in [-0.05, 0) is 31.2 Å². The van der Waals surface area contributed by atoms with Gasteiger partial charge in [-0.15, -0.1) is 22.7 Å². The van der Waals surface area contributed by atoms with Crippen molar-refractivity contribution in [2.45, 2.75) is 19.4 Å². The number of nitrogens with two attached hydrogens (primary N) is 1. The summed E-state index contributed by atoms with van der Waals surface area (Å²) in [5, 5.41) is 13.6. The van der Waals surface area contributed by atoms with E-state index in [4.69, 9.17) is 17.3 Å². The monoisotopic (exact) mass is 417 g/mol. The van der Waals surface area contributed by atoms with E-state index in [0.29, 0.717) is 10.1 Å². The molecule has 2 aromatic heterocycles.